The highest BCUT2D eigenvalue weighted by Crippen LogP contribution is 2.41. The zero-order valence-electron chi connectivity index (χ0n) is 18.1. The molecule has 2 heterocycles. The first kappa shape index (κ1) is 20.6. The molecule has 0 amide bonds. The van der Waals surface area contributed by atoms with E-state index in [-0.39, 0.29) is 6.04 Å². The third-order valence-corrected chi connectivity index (χ3v) is 7.85. The fourth-order valence-electron chi connectivity index (χ4n) is 4.38. The second-order valence-corrected chi connectivity index (χ2v) is 10.1. The highest BCUT2D eigenvalue weighted by Gasteiger charge is 2.35. The Balaban J connectivity index is 1.78. The standard InChI is InChI=1S/C23H28N4O2S/c1-16-7-6-8-20-21(25(3)4)11-12-27(23(16)20)30(28,29)22-10-9-18(13-17(22)2)19-14-24-26(5)15-19/h6-10,13-15,21H,11-12H2,1-5H3/t21-/m0/s1. The average Bonchev–Trinajstić information content (AvgIpc) is 3.13. The smallest absolute Gasteiger partial charge is 0.264 e. The molecule has 0 bridgehead atoms. The number of nitrogens with zero attached hydrogens (tertiary/aromatic N) is 4. The van der Waals surface area contributed by atoms with Gasteiger partial charge in [0.15, 0.2) is 0 Å². The molecule has 1 aliphatic rings. The van der Waals surface area contributed by atoms with Gasteiger partial charge >= 0.3 is 0 Å². The van der Waals surface area contributed by atoms with Crippen molar-refractivity contribution in [3.63, 3.8) is 0 Å². The lowest BCUT2D eigenvalue weighted by Gasteiger charge is -2.38. The third-order valence-electron chi connectivity index (χ3n) is 5.89. The lowest BCUT2D eigenvalue weighted by atomic mass is 9.94. The van der Waals surface area contributed by atoms with Crippen molar-refractivity contribution in [3.05, 3.63) is 65.5 Å². The molecule has 30 heavy (non-hydrogen) atoms. The van der Waals surface area contributed by atoms with E-state index in [0.717, 1.165) is 39.9 Å². The Bertz CT molecular complexity index is 1200. The molecule has 0 spiro atoms. The van der Waals surface area contributed by atoms with Crippen LogP contribution in [0, 0.1) is 13.8 Å². The van der Waals surface area contributed by atoms with Crippen molar-refractivity contribution in [1.82, 2.24) is 14.7 Å². The van der Waals surface area contributed by atoms with Crippen molar-refractivity contribution in [3.8, 4) is 11.1 Å². The molecular weight excluding hydrogens is 396 g/mol. The minimum atomic E-state index is -3.68. The van der Waals surface area contributed by atoms with Gasteiger partial charge in [-0.2, -0.15) is 5.10 Å². The second kappa shape index (κ2) is 7.56. The summed E-state index contributed by atoms with van der Waals surface area (Å²) in [5.74, 6) is 0. The van der Waals surface area contributed by atoms with Gasteiger partial charge in [-0.3, -0.25) is 8.99 Å². The van der Waals surface area contributed by atoms with Gasteiger partial charge in [0.25, 0.3) is 10.0 Å². The Morgan fingerprint density at radius 3 is 2.47 bits per heavy atom. The monoisotopic (exact) mass is 424 g/mol. The van der Waals surface area contributed by atoms with Crippen LogP contribution in [0.3, 0.4) is 0 Å². The molecule has 1 aliphatic heterocycles. The van der Waals surface area contributed by atoms with E-state index in [4.69, 9.17) is 0 Å². The Hall–Kier alpha value is -2.64. The summed E-state index contributed by atoms with van der Waals surface area (Å²) in [6.07, 6.45) is 4.47. The van der Waals surface area contributed by atoms with Gasteiger partial charge in [-0.25, -0.2) is 8.42 Å². The van der Waals surface area contributed by atoms with Crippen LogP contribution < -0.4 is 4.31 Å². The van der Waals surface area contributed by atoms with Crippen LogP contribution in [0.25, 0.3) is 11.1 Å². The zero-order chi connectivity index (χ0) is 21.6. The number of hydrogen-bond acceptors (Lipinski definition) is 4. The van der Waals surface area contributed by atoms with Crippen molar-refractivity contribution < 1.29 is 8.42 Å². The van der Waals surface area contributed by atoms with E-state index in [1.165, 1.54) is 0 Å². The summed E-state index contributed by atoms with van der Waals surface area (Å²) in [5.41, 5.74) is 5.53. The summed E-state index contributed by atoms with van der Waals surface area (Å²) in [5, 5.41) is 4.21. The van der Waals surface area contributed by atoms with Crippen molar-refractivity contribution in [2.75, 3.05) is 24.9 Å². The van der Waals surface area contributed by atoms with Crippen LogP contribution in [-0.4, -0.2) is 43.7 Å². The maximum atomic E-state index is 13.7. The molecule has 4 rings (SSSR count). The average molecular weight is 425 g/mol. The van der Waals surface area contributed by atoms with Crippen LogP contribution in [0.5, 0.6) is 0 Å². The molecule has 0 fully saturated rings. The van der Waals surface area contributed by atoms with Crippen LogP contribution in [0.4, 0.5) is 5.69 Å². The van der Waals surface area contributed by atoms with Gasteiger partial charge in [-0.15, -0.1) is 0 Å². The van der Waals surface area contributed by atoms with Crippen LogP contribution >= 0.6 is 0 Å². The van der Waals surface area contributed by atoms with Crippen LogP contribution in [-0.2, 0) is 17.1 Å². The zero-order valence-corrected chi connectivity index (χ0v) is 18.9. The Labute approximate surface area is 178 Å². The van der Waals surface area contributed by atoms with Gasteiger partial charge < -0.3 is 4.90 Å². The molecule has 0 N–H and O–H groups in total. The molecule has 1 aromatic heterocycles. The van der Waals surface area contributed by atoms with Crippen molar-refractivity contribution >= 4 is 15.7 Å². The number of benzene rings is 2. The molecule has 0 saturated carbocycles. The number of sulfonamides is 1. The Kier molecular flexibility index (Phi) is 5.20. The van der Waals surface area contributed by atoms with E-state index in [0.29, 0.717) is 11.4 Å². The maximum absolute atomic E-state index is 13.7. The molecule has 0 unspecified atom stereocenters. The maximum Gasteiger partial charge on any atom is 0.264 e. The third kappa shape index (κ3) is 3.42. The molecule has 0 aliphatic carbocycles. The molecule has 6 nitrogen and oxygen atoms in total. The number of anilines is 1. The number of rotatable bonds is 4. The lowest BCUT2D eigenvalue weighted by Crippen LogP contribution is -2.40. The van der Waals surface area contributed by atoms with Gasteiger partial charge in [-0.1, -0.05) is 24.3 Å². The molecule has 3 aromatic rings. The van der Waals surface area contributed by atoms with E-state index < -0.39 is 10.0 Å². The first-order valence-electron chi connectivity index (χ1n) is 10.1. The highest BCUT2D eigenvalue weighted by atomic mass is 32.2. The summed E-state index contributed by atoms with van der Waals surface area (Å²) in [6, 6.07) is 11.8. The van der Waals surface area contributed by atoms with Crippen molar-refractivity contribution in [1.29, 1.82) is 0 Å². The van der Waals surface area contributed by atoms with Gasteiger partial charge in [0, 0.05) is 31.4 Å². The predicted octanol–water partition coefficient (Wildman–Crippen LogP) is 3.91. The first-order valence-corrected chi connectivity index (χ1v) is 11.5. The SMILES string of the molecule is Cc1cc(-c2cnn(C)c2)ccc1S(=O)(=O)N1CC[C@H](N(C)C)c2cccc(C)c21. The van der Waals surface area contributed by atoms with Crippen LogP contribution in [0.2, 0.25) is 0 Å². The lowest BCUT2D eigenvalue weighted by molar-refractivity contribution is 0.281. The van der Waals surface area contributed by atoms with E-state index in [2.05, 4.69) is 10.00 Å². The Morgan fingerprint density at radius 2 is 1.83 bits per heavy atom. The van der Waals surface area contributed by atoms with Gasteiger partial charge in [0.05, 0.1) is 16.8 Å². The molecule has 0 radical (unpaired) electrons. The topological polar surface area (TPSA) is 58.4 Å². The summed E-state index contributed by atoms with van der Waals surface area (Å²) in [7, 11) is 2.28. The second-order valence-electron chi connectivity index (χ2n) is 8.24. The number of fused-ring (bicyclic) bond motifs is 1. The largest absolute Gasteiger partial charge is 0.302 e. The molecular formula is C23H28N4O2S. The summed E-state index contributed by atoms with van der Waals surface area (Å²) in [4.78, 5) is 2.52. The number of para-hydroxylation sites is 1. The fourth-order valence-corrected chi connectivity index (χ4v) is 6.16. The van der Waals surface area contributed by atoms with E-state index in [1.54, 1.807) is 21.3 Å². The van der Waals surface area contributed by atoms with Gasteiger partial charge in [0.1, 0.15) is 0 Å². The van der Waals surface area contributed by atoms with Gasteiger partial charge in [0.2, 0.25) is 0 Å². The van der Waals surface area contributed by atoms with Crippen molar-refractivity contribution in [2.45, 2.75) is 31.2 Å². The fraction of sp³-hybridized carbons (Fsp3) is 0.348. The van der Waals surface area contributed by atoms with Crippen molar-refractivity contribution in [2.24, 2.45) is 7.05 Å². The molecule has 0 saturated heterocycles. The van der Waals surface area contributed by atoms with Crippen LogP contribution in [0.1, 0.15) is 29.2 Å². The Morgan fingerprint density at radius 1 is 1.07 bits per heavy atom. The molecule has 1 atom stereocenters. The summed E-state index contributed by atoms with van der Waals surface area (Å²) >= 11 is 0. The number of aryl methyl sites for hydroxylation is 3. The summed E-state index contributed by atoms with van der Waals surface area (Å²) in [6.45, 7) is 4.31. The number of hydrogen-bond donors (Lipinski definition) is 0. The van der Waals surface area contributed by atoms with Gasteiger partial charge in [-0.05, 0) is 68.8 Å². The minimum Gasteiger partial charge on any atom is -0.302 e. The predicted molar refractivity (Wildman–Crippen MR) is 120 cm³/mol. The summed E-state index contributed by atoms with van der Waals surface area (Å²) < 4.78 is 30.8. The first-order chi connectivity index (χ1) is 14.2. The number of aromatic nitrogens is 2. The normalized spacial score (nSPS) is 16.7. The molecule has 158 valence electrons. The molecule has 7 heteroatoms. The van der Waals surface area contributed by atoms with E-state index in [9.17, 15) is 8.42 Å². The minimum absolute atomic E-state index is 0.209. The van der Waals surface area contributed by atoms with E-state index >= 15 is 0 Å². The van der Waals surface area contributed by atoms with Crippen LogP contribution in [0.15, 0.2) is 53.7 Å². The molecule has 2 aromatic carbocycles. The van der Waals surface area contributed by atoms with E-state index in [1.807, 2.05) is 71.5 Å². The quantitative estimate of drug-likeness (QED) is 0.637. The highest BCUT2D eigenvalue weighted by molar-refractivity contribution is 7.92.